The van der Waals surface area contributed by atoms with Gasteiger partial charge in [-0.2, -0.15) is 0 Å². The topological polar surface area (TPSA) is 86.8 Å². The number of nitrogens with zero attached hydrogens (tertiary/aromatic N) is 2. The second kappa shape index (κ2) is 10.9. The molecular formula is C23H31N3O4S. The zero-order valence-electron chi connectivity index (χ0n) is 18.5. The smallest absolute Gasteiger partial charge is 0.244 e. The summed E-state index contributed by atoms with van der Waals surface area (Å²) in [6.07, 6.45) is 1.48. The molecule has 8 heteroatoms. The molecule has 0 bridgehead atoms. The highest BCUT2D eigenvalue weighted by Crippen LogP contribution is 2.19. The van der Waals surface area contributed by atoms with Gasteiger partial charge in [0.25, 0.3) is 0 Å². The van der Waals surface area contributed by atoms with E-state index in [1.807, 2.05) is 45.0 Å². The number of amides is 2. The average molecular weight is 446 g/mol. The van der Waals surface area contributed by atoms with Crippen LogP contribution in [0.1, 0.15) is 31.4 Å². The Kier molecular flexibility index (Phi) is 8.62. The largest absolute Gasteiger partial charge is 0.355 e. The Morgan fingerprint density at radius 3 is 2.13 bits per heavy atom. The van der Waals surface area contributed by atoms with Crippen molar-refractivity contribution in [1.29, 1.82) is 0 Å². The maximum atomic E-state index is 13.4. The SMILES string of the molecule is CCNC(=O)C(CC)N(Cc1ccc(C)cc1)C(=O)CN(c1ccccc1)S(C)(=O)=O. The number of sulfonamides is 1. The third-order valence-electron chi connectivity index (χ3n) is 4.93. The number of rotatable bonds is 10. The Hall–Kier alpha value is -2.87. The van der Waals surface area contributed by atoms with Crippen LogP contribution in [0.5, 0.6) is 0 Å². The predicted octanol–water partition coefficient (Wildman–Crippen LogP) is 2.70. The summed E-state index contributed by atoms with van der Waals surface area (Å²) in [6.45, 7) is 5.89. The molecule has 2 aromatic carbocycles. The van der Waals surface area contributed by atoms with Gasteiger partial charge in [-0.1, -0.05) is 55.0 Å². The zero-order chi connectivity index (χ0) is 23.0. The normalized spacial score (nSPS) is 12.1. The van der Waals surface area contributed by atoms with Gasteiger partial charge in [0.1, 0.15) is 12.6 Å². The number of benzene rings is 2. The Morgan fingerprint density at radius 1 is 1.00 bits per heavy atom. The predicted molar refractivity (Wildman–Crippen MR) is 123 cm³/mol. The van der Waals surface area contributed by atoms with Gasteiger partial charge in [-0.15, -0.1) is 0 Å². The van der Waals surface area contributed by atoms with Crippen molar-refractivity contribution < 1.29 is 18.0 Å². The molecule has 2 amide bonds. The Labute approximate surface area is 185 Å². The molecule has 0 spiro atoms. The van der Waals surface area contributed by atoms with Crippen molar-refractivity contribution in [3.05, 3.63) is 65.7 Å². The van der Waals surface area contributed by atoms with Gasteiger partial charge in [0.15, 0.2) is 0 Å². The highest BCUT2D eigenvalue weighted by atomic mass is 32.2. The number of hydrogen-bond donors (Lipinski definition) is 1. The summed E-state index contributed by atoms with van der Waals surface area (Å²) in [5.74, 6) is -0.691. The van der Waals surface area contributed by atoms with Crippen molar-refractivity contribution in [2.75, 3.05) is 23.7 Å². The zero-order valence-corrected chi connectivity index (χ0v) is 19.4. The van der Waals surface area contributed by atoms with Crippen molar-refractivity contribution >= 4 is 27.5 Å². The van der Waals surface area contributed by atoms with E-state index in [0.29, 0.717) is 18.7 Å². The molecule has 1 N–H and O–H groups in total. The highest BCUT2D eigenvalue weighted by Gasteiger charge is 2.31. The molecule has 1 unspecified atom stereocenters. The summed E-state index contributed by atoms with van der Waals surface area (Å²) in [5.41, 5.74) is 2.36. The second-order valence-electron chi connectivity index (χ2n) is 7.43. The summed E-state index contributed by atoms with van der Waals surface area (Å²) in [6, 6.07) is 15.5. The average Bonchev–Trinajstić information content (AvgIpc) is 2.73. The van der Waals surface area contributed by atoms with Crippen LogP contribution < -0.4 is 9.62 Å². The minimum atomic E-state index is -3.70. The van der Waals surface area contributed by atoms with E-state index in [1.54, 1.807) is 30.3 Å². The van der Waals surface area contributed by atoms with Crippen LogP contribution in [0, 0.1) is 6.92 Å². The van der Waals surface area contributed by atoms with Crippen LogP contribution in [-0.2, 0) is 26.2 Å². The lowest BCUT2D eigenvalue weighted by Gasteiger charge is -2.32. The van der Waals surface area contributed by atoms with E-state index in [9.17, 15) is 18.0 Å². The number of aryl methyl sites for hydroxylation is 1. The Bertz CT molecular complexity index is 976. The van der Waals surface area contributed by atoms with Gasteiger partial charge < -0.3 is 10.2 Å². The fourth-order valence-corrected chi connectivity index (χ4v) is 4.16. The minimum absolute atomic E-state index is 0.209. The maximum absolute atomic E-state index is 13.4. The quantitative estimate of drug-likeness (QED) is 0.609. The molecule has 0 saturated carbocycles. The lowest BCUT2D eigenvalue weighted by atomic mass is 10.1. The van der Waals surface area contributed by atoms with Crippen molar-refractivity contribution in [3.63, 3.8) is 0 Å². The van der Waals surface area contributed by atoms with Crippen LogP contribution in [0.2, 0.25) is 0 Å². The molecule has 2 rings (SSSR count). The summed E-state index contributed by atoms with van der Waals surface area (Å²) in [7, 11) is -3.70. The summed E-state index contributed by atoms with van der Waals surface area (Å²) in [5, 5.41) is 2.78. The number of para-hydroxylation sites is 1. The first-order valence-corrected chi connectivity index (χ1v) is 12.2. The van der Waals surface area contributed by atoms with Crippen molar-refractivity contribution in [1.82, 2.24) is 10.2 Å². The summed E-state index contributed by atoms with van der Waals surface area (Å²) in [4.78, 5) is 27.5. The fraction of sp³-hybridized carbons (Fsp3) is 0.391. The van der Waals surface area contributed by atoms with Crippen LogP contribution in [0.4, 0.5) is 5.69 Å². The Morgan fingerprint density at radius 2 is 1.61 bits per heavy atom. The molecule has 1 atom stereocenters. The van der Waals surface area contributed by atoms with Crippen LogP contribution in [0.15, 0.2) is 54.6 Å². The van der Waals surface area contributed by atoms with E-state index in [2.05, 4.69) is 5.32 Å². The van der Waals surface area contributed by atoms with Crippen LogP contribution in [0.3, 0.4) is 0 Å². The summed E-state index contributed by atoms with van der Waals surface area (Å²) >= 11 is 0. The molecule has 168 valence electrons. The van der Waals surface area contributed by atoms with Gasteiger partial charge in [-0.3, -0.25) is 13.9 Å². The Balaban J connectivity index is 2.39. The molecular weight excluding hydrogens is 414 g/mol. The van der Waals surface area contributed by atoms with E-state index < -0.39 is 22.0 Å². The number of carbonyl (C=O) groups excluding carboxylic acids is 2. The van der Waals surface area contributed by atoms with Crippen molar-refractivity contribution in [2.45, 2.75) is 39.8 Å². The van der Waals surface area contributed by atoms with Crippen LogP contribution in [0.25, 0.3) is 0 Å². The monoisotopic (exact) mass is 445 g/mol. The van der Waals surface area contributed by atoms with E-state index in [0.717, 1.165) is 21.7 Å². The first kappa shape index (κ1) is 24.4. The molecule has 0 saturated heterocycles. The maximum Gasteiger partial charge on any atom is 0.244 e. The first-order valence-electron chi connectivity index (χ1n) is 10.3. The summed E-state index contributed by atoms with van der Waals surface area (Å²) < 4.78 is 25.9. The lowest BCUT2D eigenvalue weighted by molar-refractivity contribution is -0.140. The third kappa shape index (κ3) is 6.82. The van der Waals surface area contributed by atoms with Crippen LogP contribution >= 0.6 is 0 Å². The number of anilines is 1. The highest BCUT2D eigenvalue weighted by molar-refractivity contribution is 7.92. The molecule has 0 radical (unpaired) electrons. The second-order valence-corrected chi connectivity index (χ2v) is 9.34. The molecule has 0 aliphatic heterocycles. The third-order valence-corrected chi connectivity index (χ3v) is 6.07. The number of likely N-dealkylation sites (N-methyl/N-ethyl adjacent to an activating group) is 1. The molecule has 0 heterocycles. The number of hydrogen-bond acceptors (Lipinski definition) is 4. The van der Waals surface area contributed by atoms with Crippen LogP contribution in [-0.4, -0.2) is 50.5 Å². The van der Waals surface area contributed by atoms with E-state index in [1.165, 1.54) is 4.90 Å². The molecule has 0 fully saturated rings. The van der Waals surface area contributed by atoms with Gasteiger partial charge in [-0.05, 0) is 38.0 Å². The lowest BCUT2D eigenvalue weighted by Crippen LogP contribution is -2.52. The molecule has 0 aliphatic rings. The minimum Gasteiger partial charge on any atom is -0.355 e. The van der Waals surface area contributed by atoms with E-state index >= 15 is 0 Å². The van der Waals surface area contributed by atoms with E-state index in [4.69, 9.17) is 0 Å². The van der Waals surface area contributed by atoms with Gasteiger partial charge in [0.2, 0.25) is 21.8 Å². The molecule has 0 aliphatic carbocycles. The first-order chi connectivity index (χ1) is 14.7. The van der Waals surface area contributed by atoms with Gasteiger partial charge in [-0.25, -0.2) is 8.42 Å². The molecule has 0 aromatic heterocycles. The van der Waals surface area contributed by atoms with Gasteiger partial charge in [0, 0.05) is 13.1 Å². The number of carbonyl (C=O) groups is 2. The number of nitrogens with one attached hydrogen (secondary N) is 1. The standard InChI is InChI=1S/C23H31N3O4S/c1-5-21(23(28)24-6-2)25(16-19-14-12-18(3)13-15-19)22(27)17-26(31(4,29)30)20-10-8-7-9-11-20/h7-15,21H,5-6,16-17H2,1-4H3,(H,24,28). The van der Waals surface area contributed by atoms with Gasteiger partial charge in [0.05, 0.1) is 11.9 Å². The molecule has 31 heavy (non-hydrogen) atoms. The van der Waals surface area contributed by atoms with Gasteiger partial charge >= 0.3 is 0 Å². The van der Waals surface area contributed by atoms with Crippen molar-refractivity contribution in [2.24, 2.45) is 0 Å². The van der Waals surface area contributed by atoms with E-state index in [-0.39, 0.29) is 19.0 Å². The van der Waals surface area contributed by atoms with Crippen molar-refractivity contribution in [3.8, 4) is 0 Å². The fourth-order valence-electron chi connectivity index (χ4n) is 3.31. The molecule has 2 aromatic rings. The molecule has 7 nitrogen and oxygen atoms in total.